The molecule has 0 amide bonds. The van der Waals surface area contributed by atoms with Crippen LogP contribution in [0.3, 0.4) is 0 Å². The maximum Gasteiger partial charge on any atom is 4.00 e. The molecular weight excluding hydrogens is 281 g/mol. The van der Waals surface area contributed by atoms with E-state index in [1.165, 1.54) is 0 Å². The molecule has 0 heterocycles. The van der Waals surface area contributed by atoms with E-state index < -0.39 is 0 Å². The van der Waals surface area contributed by atoms with Gasteiger partial charge in [-0.25, -0.2) is 0 Å². The summed E-state index contributed by atoms with van der Waals surface area (Å²) in [4.78, 5) is 0. The topological polar surface area (TPSA) is 122 Å². The van der Waals surface area contributed by atoms with Crippen LogP contribution in [0.5, 0.6) is 0 Å². The SMILES string of the molecule is [Al].[Al].[Al].[N-3].[N-3].[N-3].[N-3].[Ti+4].[Ti+4].[Ti+4]. The molecule has 0 saturated carbocycles. The molecular formula is Al3N4Ti3. The monoisotopic (exact) mass is 281 g/mol. The molecule has 0 aromatic heterocycles. The molecule has 10 heavy (non-hydrogen) atoms. The second-order valence-corrected chi connectivity index (χ2v) is 0. The molecule has 0 bridgehead atoms. The fourth-order valence-electron chi connectivity index (χ4n) is 0. The quantitative estimate of drug-likeness (QED) is 0.555. The second-order valence-electron chi connectivity index (χ2n) is 0. The average Bonchev–Trinajstić information content (AvgIpc) is 0. The Kier molecular flexibility index (Phi) is 2210. The summed E-state index contributed by atoms with van der Waals surface area (Å²) in [6.45, 7) is 0. The summed E-state index contributed by atoms with van der Waals surface area (Å²) in [5.41, 5.74) is 0. The van der Waals surface area contributed by atoms with E-state index in [1.54, 1.807) is 0 Å². The van der Waals surface area contributed by atoms with Gasteiger partial charge in [-0.3, -0.25) is 0 Å². The molecule has 0 spiro atoms. The van der Waals surface area contributed by atoms with Crippen LogP contribution in [-0.4, -0.2) is 52.1 Å². The Labute approximate surface area is 140 Å². The van der Waals surface area contributed by atoms with Gasteiger partial charge in [0.15, 0.2) is 0 Å². The zero-order valence-corrected chi connectivity index (χ0v) is 13.2. The molecule has 41 valence electrons. The van der Waals surface area contributed by atoms with E-state index in [2.05, 4.69) is 0 Å². The molecule has 10 heteroatoms. The van der Waals surface area contributed by atoms with Crippen LogP contribution in [0.4, 0.5) is 0 Å². The van der Waals surface area contributed by atoms with Crippen LogP contribution < -0.4 is 0 Å². The zero-order chi connectivity index (χ0) is 0. The molecule has 9 radical (unpaired) electrons. The molecule has 0 aliphatic rings. The van der Waals surface area contributed by atoms with Gasteiger partial charge < -0.3 is 24.6 Å². The molecule has 0 aromatic carbocycles. The zero-order valence-electron chi connectivity index (χ0n) is 5.02. The first-order valence-electron chi connectivity index (χ1n) is 0. The van der Waals surface area contributed by atoms with E-state index >= 15 is 0 Å². The molecule has 0 aromatic rings. The van der Waals surface area contributed by atoms with Crippen molar-refractivity contribution in [2.75, 3.05) is 0 Å². The minimum absolute atomic E-state index is 0. The predicted octanol–water partition coefficient (Wildman–Crippen LogP) is 0.00490. The van der Waals surface area contributed by atoms with E-state index in [0.717, 1.165) is 0 Å². The maximum absolute atomic E-state index is 0. The minimum atomic E-state index is 0. The Balaban J connectivity index is 0. The van der Waals surface area contributed by atoms with E-state index in [1.807, 2.05) is 0 Å². The van der Waals surface area contributed by atoms with Gasteiger partial charge in [-0.05, 0) is 0 Å². The van der Waals surface area contributed by atoms with Crippen molar-refractivity contribution in [1.29, 1.82) is 0 Å². The minimum Gasteiger partial charge on any atom is -3.00 e. The molecule has 0 fully saturated rings. The molecule has 0 saturated heterocycles. The molecule has 0 unspecified atom stereocenters. The van der Waals surface area contributed by atoms with Gasteiger partial charge in [-0.2, -0.15) is 0 Å². The maximum atomic E-state index is 0. The summed E-state index contributed by atoms with van der Waals surface area (Å²) in [6, 6.07) is 0. The molecule has 0 N–H and O–H groups in total. The molecule has 0 atom stereocenters. The van der Waals surface area contributed by atoms with Crippen molar-refractivity contribution in [2.24, 2.45) is 0 Å². The molecule has 0 aliphatic carbocycles. The van der Waals surface area contributed by atoms with Crippen LogP contribution in [0, 0.1) is 0 Å². The van der Waals surface area contributed by atoms with Crippen molar-refractivity contribution in [2.45, 2.75) is 0 Å². The van der Waals surface area contributed by atoms with E-state index in [4.69, 9.17) is 0 Å². The third-order valence-electron chi connectivity index (χ3n) is 0. The molecule has 0 aliphatic heterocycles. The van der Waals surface area contributed by atoms with Crippen molar-refractivity contribution in [3.05, 3.63) is 24.6 Å². The van der Waals surface area contributed by atoms with Crippen LogP contribution in [0.2, 0.25) is 0 Å². The van der Waals surface area contributed by atoms with Gasteiger partial charge in [-0.15, -0.1) is 0 Å². The van der Waals surface area contributed by atoms with Crippen LogP contribution in [0.1, 0.15) is 0 Å². The average molecular weight is 281 g/mol. The van der Waals surface area contributed by atoms with Crippen molar-refractivity contribution in [3.8, 4) is 0 Å². The largest absolute Gasteiger partial charge is 4.00 e. The van der Waals surface area contributed by atoms with Crippen LogP contribution in [-0.2, 0) is 65.2 Å². The fraction of sp³-hybridized carbons (Fsp3) is 0. The normalized spacial score (nSPS) is 0. The number of hydrogen-bond acceptors (Lipinski definition) is 0. The smallest absolute Gasteiger partial charge is 3.00 e. The number of hydrogen-bond donors (Lipinski definition) is 0. The summed E-state index contributed by atoms with van der Waals surface area (Å²) in [6.07, 6.45) is 0. The first-order chi connectivity index (χ1) is 0. The second kappa shape index (κ2) is 132. The van der Waals surface area contributed by atoms with Gasteiger partial charge in [0.25, 0.3) is 0 Å². The summed E-state index contributed by atoms with van der Waals surface area (Å²) in [7, 11) is 0. The molecule has 4 nitrogen and oxygen atoms in total. The van der Waals surface area contributed by atoms with E-state index in [9.17, 15) is 0 Å². The summed E-state index contributed by atoms with van der Waals surface area (Å²) < 4.78 is 0. The van der Waals surface area contributed by atoms with Crippen LogP contribution >= 0.6 is 0 Å². The Bertz CT molecular complexity index is 15.7. The van der Waals surface area contributed by atoms with Gasteiger partial charge in [0, 0.05) is 52.1 Å². The van der Waals surface area contributed by atoms with Crippen molar-refractivity contribution in [1.82, 2.24) is 0 Å². The fourth-order valence-corrected chi connectivity index (χ4v) is 0. The Morgan fingerprint density at radius 2 is 0.300 bits per heavy atom. The summed E-state index contributed by atoms with van der Waals surface area (Å²) in [5.74, 6) is 0. The predicted molar refractivity (Wildman–Crippen MR) is 30.7 cm³/mol. The summed E-state index contributed by atoms with van der Waals surface area (Å²) >= 11 is 0. The Hall–Kier alpha value is 3.58. The van der Waals surface area contributed by atoms with Crippen molar-refractivity contribution in [3.63, 3.8) is 0 Å². The first kappa shape index (κ1) is 168. The van der Waals surface area contributed by atoms with Gasteiger partial charge in [0.2, 0.25) is 0 Å². The third-order valence-corrected chi connectivity index (χ3v) is 0. The summed E-state index contributed by atoms with van der Waals surface area (Å²) in [5, 5.41) is 0. The van der Waals surface area contributed by atoms with Gasteiger partial charge in [0.05, 0.1) is 0 Å². The molecule has 0 rings (SSSR count). The Morgan fingerprint density at radius 3 is 0.300 bits per heavy atom. The Morgan fingerprint density at radius 1 is 0.300 bits per heavy atom. The third kappa shape index (κ3) is 101. The van der Waals surface area contributed by atoms with E-state index in [-0.39, 0.29) is 142 Å². The van der Waals surface area contributed by atoms with Gasteiger partial charge in [0.1, 0.15) is 0 Å². The van der Waals surface area contributed by atoms with Crippen molar-refractivity contribution >= 4 is 52.1 Å². The number of rotatable bonds is 0. The van der Waals surface area contributed by atoms with Gasteiger partial charge >= 0.3 is 65.2 Å². The first-order valence-corrected chi connectivity index (χ1v) is 0. The number of nitrogens with zero attached hydrogens (tertiary/aromatic N) is 4. The van der Waals surface area contributed by atoms with E-state index in [0.29, 0.717) is 0 Å². The van der Waals surface area contributed by atoms with Crippen LogP contribution in [0.15, 0.2) is 0 Å². The van der Waals surface area contributed by atoms with Gasteiger partial charge in [-0.1, -0.05) is 0 Å². The van der Waals surface area contributed by atoms with Crippen molar-refractivity contribution < 1.29 is 65.2 Å². The van der Waals surface area contributed by atoms with Crippen LogP contribution in [0.25, 0.3) is 24.6 Å². The standard InChI is InChI=1S/3Al.4N.3Ti/q;;;4*-3;3*+4.